The predicted molar refractivity (Wildman–Crippen MR) is 114 cm³/mol. The van der Waals surface area contributed by atoms with E-state index in [4.69, 9.17) is 14.2 Å². The van der Waals surface area contributed by atoms with Crippen LogP contribution >= 0.6 is 11.3 Å². The van der Waals surface area contributed by atoms with Gasteiger partial charge in [0, 0.05) is 17.5 Å². The molecule has 1 atom stereocenters. The van der Waals surface area contributed by atoms with Crippen molar-refractivity contribution in [3.8, 4) is 27.7 Å². The number of carbonyl (C=O) groups excluding carboxylic acids is 1. The van der Waals surface area contributed by atoms with E-state index in [-0.39, 0.29) is 11.9 Å². The molecule has 1 unspecified atom stereocenters. The molecule has 0 saturated heterocycles. The summed E-state index contributed by atoms with van der Waals surface area (Å²) in [5, 5.41) is 0. The highest BCUT2D eigenvalue weighted by Gasteiger charge is 2.23. The maximum atomic E-state index is 13.1. The highest BCUT2D eigenvalue weighted by atomic mass is 32.1. The Hall–Kier alpha value is -2.99. The van der Waals surface area contributed by atoms with Gasteiger partial charge in [-0.2, -0.15) is 0 Å². The second kappa shape index (κ2) is 8.17. The van der Waals surface area contributed by atoms with Crippen LogP contribution in [0.1, 0.15) is 28.2 Å². The van der Waals surface area contributed by atoms with Crippen molar-refractivity contribution in [2.75, 3.05) is 27.4 Å². The lowest BCUT2D eigenvalue weighted by molar-refractivity contribution is 0.0746. The Bertz CT molecular complexity index is 1030. The number of hydrogen-bond donors (Lipinski definition) is 0. The SMILES string of the molecule is COc1ccccc1C(C)N(C)C(=O)c1ccc(-c2ccc3c(c2)OCCO3)s1. The maximum Gasteiger partial charge on any atom is 0.264 e. The molecule has 0 fully saturated rings. The third-order valence-corrected chi connectivity index (χ3v) is 6.26. The van der Waals surface area contributed by atoms with Crippen molar-refractivity contribution >= 4 is 17.2 Å². The molecule has 0 radical (unpaired) electrons. The molecule has 6 heteroatoms. The van der Waals surface area contributed by atoms with Crippen molar-refractivity contribution in [3.63, 3.8) is 0 Å². The van der Waals surface area contributed by atoms with Gasteiger partial charge in [0.1, 0.15) is 19.0 Å². The highest BCUT2D eigenvalue weighted by molar-refractivity contribution is 7.17. The van der Waals surface area contributed by atoms with E-state index in [1.54, 1.807) is 12.0 Å². The summed E-state index contributed by atoms with van der Waals surface area (Å²) in [5.41, 5.74) is 1.99. The number of ether oxygens (including phenoxy) is 3. The minimum absolute atomic E-state index is 0.0165. The third kappa shape index (κ3) is 3.80. The number of carbonyl (C=O) groups is 1. The van der Waals surface area contributed by atoms with Crippen molar-refractivity contribution in [1.29, 1.82) is 0 Å². The lowest BCUT2D eigenvalue weighted by atomic mass is 10.1. The summed E-state index contributed by atoms with van der Waals surface area (Å²) in [7, 11) is 3.47. The molecule has 1 amide bonds. The van der Waals surface area contributed by atoms with Crippen LogP contribution in [0, 0.1) is 0 Å². The summed E-state index contributed by atoms with van der Waals surface area (Å²) in [5.74, 6) is 2.27. The van der Waals surface area contributed by atoms with E-state index in [2.05, 4.69) is 0 Å². The van der Waals surface area contributed by atoms with Crippen molar-refractivity contribution in [2.45, 2.75) is 13.0 Å². The summed E-state index contributed by atoms with van der Waals surface area (Å²) < 4.78 is 16.7. The molecular weight excluding hydrogens is 386 g/mol. The fourth-order valence-electron chi connectivity index (χ4n) is 3.37. The Kier molecular flexibility index (Phi) is 5.45. The van der Waals surface area contributed by atoms with E-state index in [0.717, 1.165) is 33.3 Å². The quantitative estimate of drug-likeness (QED) is 0.593. The molecule has 4 rings (SSSR count). The number of benzene rings is 2. The molecule has 2 aromatic carbocycles. The van der Waals surface area contributed by atoms with E-state index in [0.29, 0.717) is 18.1 Å². The van der Waals surface area contributed by atoms with Gasteiger partial charge in [0.05, 0.1) is 18.0 Å². The molecule has 2 heterocycles. The van der Waals surface area contributed by atoms with Crippen LogP contribution in [0.25, 0.3) is 10.4 Å². The molecule has 0 bridgehead atoms. The summed E-state index contributed by atoms with van der Waals surface area (Å²) in [6.45, 7) is 3.13. The molecule has 1 aliphatic heterocycles. The minimum atomic E-state index is -0.113. The second-order valence-electron chi connectivity index (χ2n) is 6.86. The van der Waals surface area contributed by atoms with Gasteiger partial charge in [-0.15, -0.1) is 11.3 Å². The number of nitrogens with zero attached hydrogens (tertiary/aromatic N) is 1. The van der Waals surface area contributed by atoms with Gasteiger partial charge in [0.2, 0.25) is 0 Å². The first-order valence-corrected chi connectivity index (χ1v) is 10.3. The van der Waals surface area contributed by atoms with Gasteiger partial charge >= 0.3 is 0 Å². The van der Waals surface area contributed by atoms with Crippen LogP contribution < -0.4 is 14.2 Å². The Labute approximate surface area is 174 Å². The number of methoxy groups -OCH3 is 1. The Morgan fingerprint density at radius 3 is 2.62 bits per heavy atom. The van der Waals surface area contributed by atoms with Crippen molar-refractivity contribution in [1.82, 2.24) is 4.90 Å². The number of amides is 1. The topological polar surface area (TPSA) is 48.0 Å². The lowest BCUT2D eigenvalue weighted by Crippen LogP contribution is -2.29. The summed E-state index contributed by atoms with van der Waals surface area (Å²) in [6, 6.07) is 17.4. The highest BCUT2D eigenvalue weighted by Crippen LogP contribution is 2.37. The van der Waals surface area contributed by atoms with Crippen LogP contribution in [0.3, 0.4) is 0 Å². The molecule has 3 aromatic rings. The van der Waals surface area contributed by atoms with Crippen LogP contribution in [0.2, 0.25) is 0 Å². The van der Waals surface area contributed by atoms with Crippen molar-refractivity contribution < 1.29 is 19.0 Å². The standard InChI is InChI=1S/C23H23NO4S/c1-15(17-6-4-5-7-18(17)26-3)24(2)23(25)22-11-10-21(29-22)16-8-9-19-20(14-16)28-13-12-27-19/h4-11,14-15H,12-13H2,1-3H3. The number of rotatable bonds is 5. The van der Waals surface area contributed by atoms with Gasteiger partial charge in [-0.25, -0.2) is 0 Å². The van der Waals surface area contributed by atoms with Gasteiger partial charge in [0.25, 0.3) is 5.91 Å². The number of thiophene rings is 1. The van der Waals surface area contributed by atoms with E-state index in [1.807, 2.05) is 68.6 Å². The van der Waals surface area contributed by atoms with Gasteiger partial charge in [-0.05, 0) is 48.9 Å². The predicted octanol–water partition coefficient (Wildman–Crippen LogP) is 5.03. The normalized spacial score (nSPS) is 13.6. The van der Waals surface area contributed by atoms with Gasteiger partial charge in [0.15, 0.2) is 11.5 Å². The first kappa shape index (κ1) is 19.3. The third-order valence-electron chi connectivity index (χ3n) is 5.13. The average molecular weight is 410 g/mol. The maximum absolute atomic E-state index is 13.1. The first-order chi connectivity index (χ1) is 14.1. The van der Waals surface area contributed by atoms with Gasteiger partial charge in [-0.1, -0.05) is 18.2 Å². The summed E-state index contributed by atoms with van der Waals surface area (Å²) >= 11 is 1.48. The van der Waals surface area contributed by atoms with Crippen molar-refractivity contribution in [2.24, 2.45) is 0 Å². The largest absolute Gasteiger partial charge is 0.496 e. The Morgan fingerprint density at radius 2 is 1.83 bits per heavy atom. The minimum Gasteiger partial charge on any atom is -0.496 e. The fraction of sp³-hybridized carbons (Fsp3) is 0.261. The zero-order chi connectivity index (χ0) is 20.4. The smallest absolute Gasteiger partial charge is 0.264 e. The second-order valence-corrected chi connectivity index (χ2v) is 7.94. The molecule has 5 nitrogen and oxygen atoms in total. The molecule has 1 aromatic heterocycles. The molecule has 0 aliphatic carbocycles. The molecule has 0 saturated carbocycles. The molecule has 0 N–H and O–H groups in total. The molecule has 29 heavy (non-hydrogen) atoms. The molecule has 1 aliphatic rings. The molecular formula is C23H23NO4S. The Morgan fingerprint density at radius 1 is 1.07 bits per heavy atom. The van der Waals surface area contributed by atoms with E-state index in [9.17, 15) is 4.79 Å². The van der Waals surface area contributed by atoms with E-state index in [1.165, 1.54) is 11.3 Å². The van der Waals surface area contributed by atoms with Gasteiger partial charge < -0.3 is 19.1 Å². The van der Waals surface area contributed by atoms with E-state index < -0.39 is 0 Å². The lowest BCUT2D eigenvalue weighted by Gasteiger charge is -2.26. The number of hydrogen-bond acceptors (Lipinski definition) is 5. The number of fused-ring (bicyclic) bond motifs is 1. The fourth-order valence-corrected chi connectivity index (χ4v) is 4.36. The average Bonchev–Trinajstić information content (AvgIpc) is 3.27. The Balaban J connectivity index is 1.55. The van der Waals surface area contributed by atoms with Crippen molar-refractivity contribution in [3.05, 3.63) is 65.0 Å². The van der Waals surface area contributed by atoms with Crippen LogP contribution in [0.15, 0.2) is 54.6 Å². The summed E-state index contributed by atoms with van der Waals surface area (Å²) in [4.78, 5) is 16.5. The number of para-hydroxylation sites is 1. The van der Waals surface area contributed by atoms with Crippen LogP contribution in [-0.2, 0) is 0 Å². The van der Waals surface area contributed by atoms with Crippen LogP contribution in [-0.4, -0.2) is 38.2 Å². The first-order valence-electron chi connectivity index (χ1n) is 9.48. The zero-order valence-corrected chi connectivity index (χ0v) is 17.5. The van der Waals surface area contributed by atoms with Gasteiger partial charge in [-0.3, -0.25) is 4.79 Å². The molecule has 150 valence electrons. The van der Waals surface area contributed by atoms with Crippen LogP contribution in [0.4, 0.5) is 0 Å². The van der Waals surface area contributed by atoms with Crippen LogP contribution in [0.5, 0.6) is 17.2 Å². The summed E-state index contributed by atoms with van der Waals surface area (Å²) in [6.07, 6.45) is 0. The monoisotopic (exact) mass is 409 g/mol. The molecule has 0 spiro atoms. The zero-order valence-electron chi connectivity index (χ0n) is 16.7. The van der Waals surface area contributed by atoms with E-state index >= 15 is 0 Å².